The molecule has 0 radical (unpaired) electrons. The zero-order valence-corrected chi connectivity index (χ0v) is 8.10. The molecule has 0 nitrogen and oxygen atoms in total. The minimum absolute atomic E-state index is 0.264. The number of thiophene rings is 1. The Hall–Kier alpha value is -0.310. The Balaban J connectivity index is 2.97. The quantitative estimate of drug-likeness (QED) is 0.580. The van der Waals surface area contributed by atoms with Gasteiger partial charge in [-0.15, -0.1) is 11.3 Å². The number of halogens is 3. The summed E-state index contributed by atoms with van der Waals surface area (Å²) < 4.78 is 13.7. The highest BCUT2D eigenvalue weighted by atomic mass is 35.5. The summed E-state index contributed by atoms with van der Waals surface area (Å²) in [5, 5.41) is 3.16. The van der Waals surface area contributed by atoms with E-state index < -0.39 is 0 Å². The van der Waals surface area contributed by atoms with Gasteiger partial charge in [0.2, 0.25) is 0 Å². The normalized spacial score (nSPS) is 10.9. The average molecular weight is 221 g/mol. The van der Waals surface area contributed by atoms with Crippen LogP contribution >= 0.6 is 34.5 Å². The van der Waals surface area contributed by atoms with E-state index in [1.807, 2.05) is 0 Å². The van der Waals surface area contributed by atoms with Crippen molar-refractivity contribution in [3.8, 4) is 0 Å². The van der Waals surface area contributed by atoms with Crippen LogP contribution in [-0.4, -0.2) is 0 Å². The van der Waals surface area contributed by atoms with Gasteiger partial charge in [0.05, 0.1) is 14.7 Å². The molecule has 0 bridgehead atoms. The lowest BCUT2D eigenvalue weighted by atomic mass is 10.2. The average Bonchev–Trinajstić information content (AvgIpc) is 2.48. The molecule has 0 saturated carbocycles. The molecule has 0 fully saturated rings. The zero-order chi connectivity index (χ0) is 8.72. The molecule has 1 aromatic heterocycles. The maximum Gasteiger partial charge on any atom is 0.142 e. The van der Waals surface area contributed by atoms with Crippen LogP contribution in [0.25, 0.3) is 10.1 Å². The standard InChI is InChI=1S/C8H3Cl2FS/c9-5-3-6(11)8-4(7(5)10)1-2-12-8/h1-3H. The molecule has 1 heterocycles. The largest absolute Gasteiger partial charge is 0.205 e. The molecule has 0 amide bonds. The number of benzene rings is 1. The van der Waals surface area contributed by atoms with Crippen LogP contribution in [0.15, 0.2) is 17.5 Å². The smallest absolute Gasteiger partial charge is 0.142 e. The lowest BCUT2D eigenvalue weighted by Gasteiger charge is -1.97. The van der Waals surface area contributed by atoms with Crippen molar-refractivity contribution in [2.45, 2.75) is 0 Å². The van der Waals surface area contributed by atoms with Crippen LogP contribution < -0.4 is 0 Å². The highest BCUT2D eigenvalue weighted by molar-refractivity contribution is 7.17. The summed E-state index contributed by atoms with van der Waals surface area (Å²) in [5.41, 5.74) is 0. The van der Waals surface area contributed by atoms with Crippen molar-refractivity contribution in [3.63, 3.8) is 0 Å². The monoisotopic (exact) mass is 220 g/mol. The van der Waals surface area contributed by atoms with Crippen molar-refractivity contribution in [2.24, 2.45) is 0 Å². The molecule has 0 atom stereocenters. The lowest BCUT2D eigenvalue weighted by Crippen LogP contribution is -1.76. The first-order valence-electron chi connectivity index (χ1n) is 3.21. The van der Waals surface area contributed by atoms with Crippen molar-refractivity contribution >= 4 is 44.6 Å². The molecule has 12 heavy (non-hydrogen) atoms. The first-order chi connectivity index (χ1) is 5.70. The van der Waals surface area contributed by atoms with E-state index in [1.54, 1.807) is 11.4 Å². The fourth-order valence-electron chi connectivity index (χ4n) is 1.04. The molecule has 0 saturated heterocycles. The molecule has 0 spiro atoms. The molecule has 0 unspecified atom stereocenters. The van der Waals surface area contributed by atoms with E-state index in [2.05, 4.69) is 0 Å². The van der Waals surface area contributed by atoms with Gasteiger partial charge in [-0.25, -0.2) is 4.39 Å². The third-order valence-electron chi connectivity index (χ3n) is 1.58. The SMILES string of the molecule is Fc1cc(Cl)c(Cl)c2ccsc12. The third-order valence-corrected chi connectivity index (χ3v) is 3.31. The maximum atomic E-state index is 13.1. The Morgan fingerprint density at radius 1 is 1.33 bits per heavy atom. The van der Waals surface area contributed by atoms with Crippen molar-refractivity contribution in [3.05, 3.63) is 33.4 Å². The van der Waals surface area contributed by atoms with Gasteiger partial charge in [-0.3, -0.25) is 0 Å². The summed E-state index contributed by atoms with van der Waals surface area (Å²) in [6.45, 7) is 0. The Morgan fingerprint density at radius 2 is 2.08 bits per heavy atom. The van der Waals surface area contributed by atoms with Gasteiger partial charge in [-0.1, -0.05) is 23.2 Å². The summed E-state index contributed by atoms with van der Waals surface area (Å²) in [4.78, 5) is 0. The summed E-state index contributed by atoms with van der Waals surface area (Å²) in [6.07, 6.45) is 0. The number of rotatable bonds is 0. The minimum Gasteiger partial charge on any atom is -0.205 e. The van der Waals surface area contributed by atoms with Crippen molar-refractivity contribution in [1.29, 1.82) is 0 Å². The van der Waals surface area contributed by atoms with Crippen LogP contribution in [0.2, 0.25) is 10.0 Å². The van der Waals surface area contributed by atoms with Gasteiger partial charge in [0, 0.05) is 5.39 Å². The highest BCUT2D eigenvalue weighted by Gasteiger charge is 2.09. The number of hydrogen-bond acceptors (Lipinski definition) is 1. The van der Waals surface area contributed by atoms with Crippen molar-refractivity contribution in [1.82, 2.24) is 0 Å². The van der Waals surface area contributed by atoms with Gasteiger partial charge >= 0.3 is 0 Å². The van der Waals surface area contributed by atoms with E-state index in [4.69, 9.17) is 23.2 Å². The van der Waals surface area contributed by atoms with Gasteiger partial charge in [-0.05, 0) is 17.5 Å². The van der Waals surface area contributed by atoms with E-state index >= 15 is 0 Å². The Bertz CT molecular complexity index is 436. The summed E-state index contributed by atoms with van der Waals surface area (Å²) >= 11 is 12.8. The van der Waals surface area contributed by atoms with Crippen LogP contribution in [0.4, 0.5) is 4.39 Å². The Kier molecular flexibility index (Phi) is 1.99. The predicted octanol–water partition coefficient (Wildman–Crippen LogP) is 4.35. The fourth-order valence-corrected chi connectivity index (χ4v) is 2.31. The van der Waals surface area contributed by atoms with Gasteiger partial charge < -0.3 is 0 Å². The molecule has 4 heteroatoms. The van der Waals surface area contributed by atoms with Crippen LogP contribution in [0.5, 0.6) is 0 Å². The second-order valence-electron chi connectivity index (χ2n) is 2.32. The molecular weight excluding hydrogens is 218 g/mol. The molecule has 0 aliphatic rings. The number of fused-ring (bicyclic) bond motifs is 1. The molecular formula is C8H3Cl2FS. The zero-order valence-electron chi connectivity index (χ0n) is 5.77. The Morgan fingerprint density at radius 3 is 2.83 bits per heavy atom. The van der Waals surface area contributed by atoms with Crippen LogP contribution in [-0.2, 0) is 0 Å². The van der Waals surface area contributed by atoms with Crippen LogP contribution in [0, 0.1) is 5.82 Å². The van der Waals surface area contributed by atoms with E-state index in [-0.39, 0.29) is 10.8 Å². The third kappa shape index (κ3) is 1.11. The molecule has 1 aromatic carbocycles. The Labute approximate surface area is 82.5 Å². The number of hydrogen-bond donors (Lipinski definition) is 0. The second-order valence-corrected chi connectivity index (χ2v) is 4.02. The van der Waals surface area contributed by atoms with Gasteiger partial charge in [0.1, 0.15) is 5.82 Å². The van der Waals surface area contributed by atoms with Crippen molar-refractivity contribution < 1.29 is 4.39 Å². The fraction of sp³-hybridized carbons (Fsp3) is 0. The van der Waals surface area contributed by atoms with Crippen molar-refractivity contribution in [2.75, 3.05) is 0 Å². The van der Waals surface area contributed by atoms with Crippen LogP contribution in [0.3, 0.4) is 0 Å². The minimum atomic E-state index is -0.311. The molecule has 2 rings (SSSR count). The van der Waals surface area contributed by atoms with E-state index in [9.17, 15) is 4.39 Å². The van der Waals surface area contributed by atoms with E-state index in [0.29, 0.717) is 15.1 Å². The molecule has 0 N–H and O–H groups in total. The summed E-state index contributed by atoms with van der Waals surface area (Å²) in [6, 6.07) is 3.00. The molecule has 0 aliphatic heterocycles. The predicted molar refractivity (Wildman–Crippen MR) is 51.8 cm³/mol. The second kappa shape index (κ2) is 2.87. The first kappa shape index (κ1) is 8.30. The van der Waals surface area contributed by atoms with E-state index in [1.165, 1.54) is 17.4 Å². The lowest BCUT2D eigenvalue weighted by molar-refractivity contribution is 0.642. The van der Waals surface area contributed by atoms with Gasteiger partial charge in [-0.2, -0.15) is 0 Å². The first-order valence-corrected chi connectivity index (χ1v) is 4.84. The topological polar surface area (TPSA) is 0 Å². The van der Waals surface area contributed by atoms with E-state index in [0.717, 1.165) is 0 Å². The summed E-state index contributed by atoms with van der Waals surface area (Å²) in [5.74, 6) is -0.311. The van der Waals surface area contributed by atoms with Gasteiger partial charge in [0.25, 0.3) is 0 Å². The van der Waals surface area contributed by atoms with Gasteiger partial charge in [0.15, 0.2) is 0 Å². The molecule has 62 valence electrons. The maximum absolute atomic E-state index is 13.1. The molecule has 0 aliphatic carbocycles. The van der Waals surface area contributed by atoms with Crippen LogP contribution in [0.1, 0.15) is 0 Å². The summed E-state index contributed by atoms with van der Waals surface area (Å²) in [7, 11) is 0. The molecule has 2 aromatic rings. The highest BCUT2D eigenvalue weighted by Crippen LogP contribution is 2.35.